The molecule has 1 atom stereocenters. The topological polar surface area (TPSA) is 137 Å². The van der Waals surface area contributed by atoms with E-state index in [0.29, 0.717) is 64.9 Å². The van der Waals surface area contributed by atoms with Gasteiger partial charge in [0.15, 0.2) is 0 Å². The third-order valence-corrected chi connectivity index (χ3v) is 17.0. The van der Waals surface area contributed by atoms with Crippen molar-refractivity contribution in [1.29, 1.82) is 21.0 Å². The number of carbonyl (C=O) groups is 1. The Morgan fingerprint density at radius 2 is 0.923 bits per heavy atom. The Labute approximate surface area is 737 Å². The minimum Gasteiger partial charge on any atom is -0.466 e. The molecule has 117 heavy (non-hydrogen) atoms. The molecular weight excluding hydrogens is 1430 g/mol. The molecule has 1 heterocycles. The van der Waals surface area contributed by atoms with E-state index in [9.17, 15) is 4.79 Å². The van der Waals surface area contributed by atoms with Gasteiger partial charge >= 0.3 is 5.97 Å². The molecule has 0 N–H and O–H groups in total. The van der Waals surface area contributed by atoms with Crippen molar-refractivity contribution in [3.63, 3.8) is 0 Å². The summed E-state index contributed by atoms with van der Waals surface area (Å²) in [6.07, 6.45) is 44.2. The molecule has 4 aliphatic rings. The van der Waals surface area contributed by atoms with Gasteiger partial charge in [-0.25, -0.2) is 4.79 Å². The van der Waals surface area contributed by atoms with Crippen molar-refractivity contribution in [3.8, 4) is 36.6 Å². The maximum absolute atomic E-state index is 10.4. The second-order valence-corrected chi connectivity index (χ2v) is 36.8. The van der Waals surface area contributed by atoms with Gasteiger partial charge in [0.25, 0.3) is 0 Å². The fourth-order valence-corrected chi connectivity index (χ4v) is 7.29. The van der Waals surface area contributed by atoms with Crippen LogP contribution in [0.25, 0.3) is 0 Å². The first kappa shape index (κ1) is 140. The van der Waals surface area contributed by atoms with Crippen LogP contribution >= 0.6 is 0 Å². The Morgan fingerprint density at radius 3 is 1.02 bits per heavy atom. The van der Waals surface area contributed by atoms with E-state index in [1.165, 1.54) is 88.5 Å². The zero-order valence-corrected chi connectivity index (χ0v) is 87.0. The zero-order chi connectivity index (χ0) is 95.2. The lowest BCUT2D eigenvalue weighted by molar-refractivity contribution is -0.134. The molecule has 0 amide bonds. The summed E-state index contributed by atoms with van der Waals surface area (Å²) in [5, 5.41) is 33.0. The third-order valence-electron chi connectivity index (χ3n) is 17.0. The summed E-state index contributed by atoms with van der Waals surface area (Å²) >= 11 is 0. The highest BCUT2D eigenvalue weighted by Gasteiger charge is 2.25. The Kier molecular flexibility index (Phi) is 118. The predicted molar refractivity (Wildman–Crippen MR) is 534 cm³/mol. The summed E-state index contributed by atoms with van der Waals surface area (Å²) in [5.74, 6) is 13.5. The monoisotopic (exact) mass is 1630 g/mol. The number of epoxide rings is 1. The van der Waals surface area contributed by atoms with E-state index in [0.717, 1.165) is 77.2 Å². The van der Waals surface area contributed by atoms with Gasteiger partial charge in [0.1, 0.15) is 0 Å². The standard InChI is InChI=1S/C9H16.C8H17N.C8H13N.C8H14.C7H11N.C7H12O2.C7H12.C7H14.C6H9N.C6H14.2C6H12.C5H10O.C5H12.C5H10.C5H8.C4H7N/c1-8(2)9-6-4-3-5-7-9;1-8(2)6-5-7-9(3)4;1-6(2)8(5-9)7(3)4;1-7(2)8-5-3-4-6-8;1-4-7(5-8)6(2)3;1-6(2)4-5-7(8)9-3;1-6(2)7-4-3-5-7;1-6(2)5-7(3)4;1-5(2)6(3)4-7;2*1-5(2)6(3)4;1-4-5-6(2)3;1-4(2)5-3-6-5;3*1-4-5(2)3;1-4(2)3-5/h6,8H,3-5,7H2,1-2H3;5-6,8H,7H2,1-4H3;6H,1-4H3;5,7H,3-4,6H2,1-2H3;4,6H,1-3H3;4-6H,1-3H3;4,6H,3,5H2,1-2H3;5-6H,1-4H3;5H,3H2,1-2H3;5-6H,1-4H3;6H,1H2,2-4H3;4-6H,1-3H3;4-5H,3H2,1-2H3;5H,4H2,1-3H3;4-5H,1H2,2-3H3;1,5H,2-3H3;4H,1-2H3/b;6-5+;;;7-4+;5-4+;;;;;;5-4+;;;;;. The summed E-state index contributed by atoms with van der Waals surface area (Å²) < 4.78 is 9.34. The highest BCUT2D eigenvalue weighted by atomic mass is 16.6. The number of nitrogens with zero attached hydrogens (tertiary/aromatic N) is 5. The molecule has 0 spiro atoms. The SMILES string of the molecule is C#CC(C)C.C/C=C(\C#N)C(C)C.C/C=C/C(C)C.C=C(C#N)C(C)C.C=C(C)C(C)C.C=CC(C)C.CC(C)/C=C/CN(C)C.CC(C)=C(C#N)C(C)C.CC(C)=CC(C)C.CC(C)C#N.CC(C)C(C)C.CC(C)C1=CCC1.CC(C)C1=CCCC1.CC(C)C1=CCCCC1.CC(C)C1CO1.CCC(C)C.COC(=O)/C=C/C(C)C. The smallest absolute Gasteiger partial charge is 0.330 e. The molecule has 1 saturated heterocycles. The van der Waals surface area contributed by atoms with E-state index in [2.05, 4.69) is 297 Å². The molecular formula is C109H203N5O3. The third kappa shape index (κ3) is 145. The van der Waals surface area contributed by atoms with E-state index in [-0.39, 0.29) is 11.9 Å². The average molecular weight is 1630 g/mol. The quantitative estimate of drug-likeness (QED) is 0.0330. The second-order valence-electron chi connectivity index (χ2n) is 36.8. The van der Waals surface area contributed by atoms with Gasteiger partial charge in [0, 0.05) is 41.2 Å². The number of likely N-dealkylation sites (N-methyl/N-ethyl adjacent to an activating group) is 1. The molecule has 0 aromatic heterocycles. The number of methoxy groups -OCH3 is 1. The van der Waals surface area contributed by atoms with Gasteiger partial charge < -0.3 is 14.4 Å². The Hall–Kier alpha value is -6.21. The lowest BCUT2D eigenvalue weighted by Crippen LogP contribution is -2.10. The van der Waals surface area contributed by atoms with Crippen LogP contribution in [-0.2, 0) is 14.3 Å². The number of ether oxygens (including phenoxy) is 2. The number of allylic oxidation sites excluding steroid dienone is 19. The van der Waals surface area contributed by atoms with Crippen LogP contribution in [0.2, 0.25) is 0 Å². The number of rotatable bonds is 18. The van der Waals surface area contributed by atoms with Crippen LogP contribution < -0.4 is 0 Å². The van der Waals surface area contributed by atoms with Crippen molar-refractivity contribution in [2.75, 3.05) is 34.4 Å². The normalized spacial score (nSPS) is 13.0. The fraction of sp³-hybridized carbons (Fsp3) is 0.716. The van der Waals surface area contributed by atoms with Gasteiger partial charge in [0.05, 0.1) is 44.1 Å². The lowest BCUT2D eigenvalue weighted by Gasteiger charge is -2.17. The molecule has 1 unspecified atom stereocenters. The van der Waals surface area contributed by atoms with Gasteiger partial charge in [-0.05, 0) is 229 Å². The minimum atomic E-state index is -0.288. The van der Waals surface area contributed by atoms with Gasteiger partial charge in [0.2, 0.25) is 0 Å². The molecule has 4 rings (SSSR count). The lowest BCUT2D eigenvalue weighted by atomic mass is 9.90. The van der Waals surface area contributed by atoms with Crippen LogP contribution in [0.5, 0.6) is 0 Å². The second kappa shape index (κ2) is 98.6. The Balaban J connectivity index is -0.0000000896. The summed E-state index contributed by atoms with van der Waals surface area (Å²) in [5.41, 5.74) is 11.2. The van der Waals surface area contributed by atoms with Crippen molar-refractivity contribution < 1.29 is 14.3 Å². The molecule has 1 fully saturated rings. The van der Waals surface area contributed by atoms with E-state index in [1.54, 1.807) is 22.8 Å². The molecule has 0 aromatic carbocycles. The summed E-state index contributed by atoms with van der Waals surface area (Å²) in [6.45, 7) is 106. The van der Waals surface area contributed by atoms with Crippen molar-refractivity contribution in [2.45, 2.75) is 375 Å². The molecule has 682 valence electrons. The van der Waals surface area contributed by atoms with Crippen LogP contribution in [0, 0.1) is 164 Å². The molecule has 3 aliphatic carbocycles. The first-order valence-electron chi connectivity index (χ1n) is 45.2. The zero-order valence-electron chi connectivity index (χ0n) is 87.0. The van der Waals surface area contributed by atoms with Crippen molar-refractivity contribution in [1.82, 2.24) is 4.90 Å². The minimum absolute atomic E-state index is 0.190. The predicted octanol–water partition coefficient (Wildman–Crippen LogP) is 34.4. The number of hydrogen-bond acceptors (Lipinski definition) is 8. The van der Waals surface area contributed by atoms with Crippen LogP contribution in [0.4, 0.5) is 0 Å². The van der Waals surface area contributed by atoms with E-state index in [1.807, 2.05) is 142 Å². The van der Waals surface area contributed by atoms with Crippen LogP contribution in [0.15, 0.2) is 143 Å². The molecule has 0 aromatic rings. The van der Waals surface area contributed by atoms with E-state index in [4.69, 9.17) is 32.2 Å². The first-order chi connectivity index (χ1) is 53.8. The maximum Gasteiger partial charge on any atom is 0.330 e. The van der Waals surface area contributed by atoms with Gasteiger partial charge in [-0.2, -0.15) is 21.0 Å². The van der Waals surface area contributed by atoms with Crippen molar-refractivity contribution in [3.05, 3.63) is 143 Å². The highest BCUT2D eigenvalue weighted by molar-refractivity contribution is 5.81. The number of carbonyl (C=O) groups excluding carboxylic acids is 1. The number of esters is 1. The average Bonchev–Trinajstić information content (AvgIpc) is 1.86. The van der Waals surface area contributed by atoms with Gasteiger partial charge in [-0.3, -0.25) is 0 Å². The van der Waals surface area contributed by atoms with Gasteiger partial charge in [-0.15, -0.1) is 18.9 Å². The van der Waals surface area contributed by atoms with E-state index >= 15 is 0 Å². The van der Waals surface area contributed by atoms with Crippen LogP contribution in [-0.4, -0.2) is 51.3 Å². The molecule has 0 saturated carbocycles. The number of nitriles is 4. The number of terminal acetylenes is 1. The molecule has 0 bridgehead atoms. The van der Waals surface area contributed by atoms with E-state index < -0.39 is 0 Å². The summed E-state index contributed by atoms with van der Waals surface area (Å²) in [6, 6.07) is 8.29. The van der Waals surface area contributed by atoms with Crippen LogP contribution in [0.1, 0.15) is 369 Å². The molecule has 0 radical (unpaired) electrons. The highest BCUT2D eigenvalue weighted by Crippen LogP contribution is 2.26. The fourth-order valence-electron chi connectivity index (χ4n) is 7.29. The van der Waals surface area contributed by atoms with Crippen LogP contribution in [0.3, 0.4) is 0 Å². The Morgan fingerprint density at radius 1 is 0.547 bits per heavy atom. The maximum atomic E-state index is 10.4. The summed E-state index contributed by atoms with van der Waals surface area (Å²) in [4.78, 5) is 12.6. The molecule has 8 nitrogen and oxygen atoms in total. The van der Waals surface area contributed by atoms with Gasteiger partial charge in [-0.1, -0.05) is 362 Å². The number of hydrogen-bond donors (Lipinski definition) is 0. The Bertz CT molecular complexity index is 2750. The molecule has 1 aliphatic heterocycles. The summed E-state index contributed by atoms with van der Waals surface area (Å²) in [7, 11) is 5.52. The molecule has 8 heteroatoms. The first-order valence-corrected chi connectivity index (χ1v) is 45.2. The largest absolute Gasteiger partial charge is 0.466 e. The van der Waals surface area contributed by atoms with Crippen molar-refractivity contribution >= 4 is 5.97 Å². The van der Waals surface area contributed by atoms with Crippen molar-refractivity contribution in [2.24, 2.45) is 107 Å².